The number of rotatable bonds is 4. The van der Waals surface area contributed by atoms with Crippen molar-refractivity contribution in [2.24, 2.45) is 0 Å². The Labute approximate surface area is 121 Å². The van der Waals surface area contributed by atoms with E-state index in [9.17, 15) is 4.79 Å². The number of piperidine rings is 1. The van der Waals surface area contributed by atoms with E-state index >= 15 is 0 Å². The van der Waals surface area contributed by atoms with Crippen LogP contribution in [0.25, 0.3) is 0 Å². The lowest BCUT2D eigenvalue weighted by Gasteiger charge is -2.32. The van der Waals surface area contributed by atoms with Gasteiger partial charge in [-0.2, -0.15) is 0 Å². The summed E-state index contributed by atoms with van der Waals surface area (Å²) in [5.41, 5.74) is 0.624. The third kappa shape index (κ3) is 3.70. The van der Waals surface area contributed by atoms with Crippen LogP contribution in [0, 0.1) is 0 Å². The van der Waals surface area contributed by atoms with E-state index in [4.69, 9.17) is 0 Å². The number of pyridine rings is 1. The molecule has 5 heteroatoms. The fraction of sp³-hybridized carbons (Fsp3) is 0.600. The zero-order valence-corrected chi connectivity index (χ0v) is 12.6. The van der Waals surface area contributed by atoms with Crippen molar-refractivity contribution in [3.8, 4) is 0 Å². The molecular formula is C15H24N4O. The normalized spacial score (nSPS) is 19.6. The molecule has 1 N–H and O–H groups in total. The highest BCUT2D eigenvalue weighted by molar-refractivity contribution is 5.93. The van der Waals surface area contributed by atoms with E-state index in [0.29, 0.717) is 11.6 Å². The van der Waals surface area contributed by atoms with Gasteiger partial charge in [-0.25, -0.2) is 4.98 Å². The number of hydrogen-bond donors (Lipinski definition) is 1. The van der Waals surface area contributed by atoms with Gasteiger partial charge in [0.25, 0.3) is 5.91 Å². The van der Waals surface area contributed by atoms with E-state index in [-0.39, 0.29) is 5.91 Å². The van der Waals surface area contributed by atoms with Crippen molar-refractivity contribution in [1.29, 1.82) is 0 Å². The zero-order chi connectivity index (χ0) is 14.5. The third-order valence-electron chi connectivity index (χ3n) is 3.72. The van der Waals surface area contributed by atoms with Gasteiger partial charge in [-0.1, -0.05) is 6.92 Å². The number of carbonyl (C=O) groups is 1. The largest absolute Gasteiger partial charge is 0.366 e. The number of nitrogens with one attached hydrogen (secondary N) is 1. The molecule has 110 valence electrons. The third-order valence-corrected chi connectivity index (χ3v) is 3.72. The minimum Gasteiger partial charge on any atom is -0.366 e. The molecule has 1 aromatic rings. The molecule has 1 fully saturated rings. The van der Waals surface area contributed by atoms with Gasteiger partial charge < -0.3 is 15.1 Å². The van der Waals surface area contributed by atoms with Crippen molar-refractivity contribution >= 4 is 11.7 Å². The fourth-order valence-electron chi connectivity index (χ4n) is 2.53. The second-order valence-electron chi connectivity index (χ2n) is 5.51. The number of hydrogen-bond acceptors (Lipinski definition) is 4. The van der Waals surface area contributed by atoms with Crippen molar-refractivity contribution in [3.63, 3.8) is 0 Å². The molecule has 0 aliphatic carbocycles. The number of aromatic nitrogens is 1. The Kier molecular flexibility index (Phi) is 4.95. The molecule has 0 saturated carbocycles. The number of likely N-dealkylation sites (N-methyl/N-ethyl adjacent to an activating group) is 1. The van der Waals surface area contributed by atoms with Crippen molar-refractivity contribution in [2.45, 2.75) is 25.8 Å². The first-order chi connectivity index (χ1) is 9.60. The van der Waals surface area contributed by atoms with Crippen molar-refractivity contribution in [1.82, 2.24) is 14.8 Å². The number of nitrogens with zero attached hydrogens (tertiary/aromatic N) is 3. The second kappa shape index (κ2) is 6.70. The van der Waals surface area contributed by atoms with Gasteiger partial charge >= 0.3 is 0 Å². The molecule has 5 nitrogen and oxygen atoms in total. The molecular weight excluding hydrogens is 252 g/mol. The van der Waals surface area contributed by atoms with Crippen molar-refractivity contribution < 1.29 is 4.79 Å². The number of anilines is 1. The molecule has 0 bridgehead atoms. The summed E-state index contributed by atoms with van der Waals surface area (Å²) >= 11 is 0. The summed E-state index contributed by atoms with van der Waals surface area (Å²) in [7, 11) is 3.49. The highest BCUT2D eigenvalue weighted by atomic mass is 16.2. The number of carbonyl (C=O) groups excluding carboxylic acids is 1. The molecule has 20 heavy (non-hydrogen) atoms. The van der Waals surface area contributed by atoms with Gasteiger partial charge in [-0.05, 0) is 38.1 Å². The molecule has 1 aliphatic heterocycles. The maximum atomic E-state index is 11.8. The van der Waals surface area contributed by atoms with Gasteiger partial charge in [0.1, 0.15) is 5.82 Å². The van der Waals surface area contributed by atoms with Crippen LogP contribution in [-0.2, 0) is 0 Å². The zero-order valence-electron chi connectivity index (χ0n) is 12.6. The van der Waals surface area contributed by atoms with Crippen LogP contribution < -0.4 is 5.32 Å². The molecule has 1 unspecified atom stereocenters. The Morgan fingerprint density at radius 2 is 2.30 bits per heavy atom. The molecule has 1 amide bonds. The molecule has 1 saturated heterocycles. The molecule has 1 aromatic heterocycles. The smallest absolute Gasteiger partial charge is 0.254 e. The van der Waals surface area contributed by atoms with Crippen LogP contribution in [0.1, 0.15) is 30.1 Å². The van der Waals surface area contributed by atoms with E-state index in [2.05, 4.69) is 22.1 Å². The topological polar surface area (TPSA) is 48.5 Å². The summed E-state index contributed by atoms with van der Waals surface area (Å²) in [6.45, 7) is 5.55. The number of amides is 1. The van der Waals surface area contributed by atoms with Crippen LogP contribution >= 0.6 is 0 Å². The molecule has 1 atom stereocenters. The van der Waals surface area contributed by atoms with E-state index in [1.807, 2.05) is 12.1 Å². The SMILES string of the molecule is CCN1CCCC(Nc2ccc(C(=O)N(C)C)cn2)C1. The summed E-state index contributed by atoms with van der Waals surface area (Å²) < 4.78 is 0. The van der Waals surface area contributed by atoms with E-state index < -0.39 is 0 Å². The molecule has 2 heterocycles. The molecule has 2 rings (SSSR count). The van der Waals surface area contributed by atoms with E-state index in [1.165, 1.54) is 19.4 Å². The van der Waals surface area contributed by atoms with Crippen molar-refractivity contribution in [2.75, 3.05) is 39.0 Å². The summed E-state index contributed by atoms with van der Waals surface area (Å²) in [6, 6.07) is 4.17. The molecule has 0 spiro atoms. The molecule has 0 aromatic carbocycles. The lowest BCUT2D eigenvalue weighted by atomic mass is 10.1. The lowest BCUT2D eigenvalue weighted by Crippen LogP contribution is -2.41. The second-order valence-corrected chi connectivity index (χ2v) is 5.51. The Bertz CT molecular complexity index is 444. The lowest BCUT2D eigenvalue weighted by molar-refractivity contribution is 0.0827. The predicted octanol–water partition coefficient (Wildman–Crippen LogP) is 1.68. The summed E-state index contributed by atoms with van der Waals surface area (Å²) in [4.78, 5) is 20.1. The molecule has 0 radical (unpaired) electrons. The summed E-state index contributed by atoms with van der Waals surface area (Å²) in [6.07, 6.45) is 4.05. The van der Waals surface area contributed by atoms with Gasteiger partial charge in [-0.3, -0.25) is 4.79 Å². The summed E-state index contributed by atoms with van der Waals surface area (Å²) in [5.74, 6) is 0.835. The van der Waals surface area contributed by atoms with Crippen LogP contribution in [0.4, 0.5) is 5.82 Å². The van der Waals surface area contributed by atoms with Crippen LogP contribution in [0.15, 0.2) is 18.3 Å². The number of likely N-dealkylation sites (tertiary alicyclic amines) is 1. The van der Waals surface area contributed by atoms with Gasteiger partial charge in [0.05, 0.1) is 5.56 Å². The highest BCUT2D eigenvalue weighted by Gasteiger charge is 2.18. The van der Waals surface area contributed by atoms with Gasteiger partial charge in [0.2, 0.25) is 0 Å². The fourth-order valence-corrected chi connectivity index (χ4v) is 2.53. The Morgan fingerprint density at radius 3 is 2.90 bits per heavy atom. The first kappa shape index (κ1) is 14.8. The van der Waals surface area contributed by atoms with Crippen LogP contribution in [0.3, 0.4) is 0 Å². The Hall–Kier alpha value is -1.62. The van der Waals surface area contributed by atoms with Gasteiger partial charge in [0.15, 0.2) is 0 Å². The average molecular weight is 276 g/mol. The van der Waals surface area contributed by atoms with Gasteiger partial charge in [-0.15, -0.1) is 0 Å². The standard InChI is InChI=1S/C15H24N4O/c1-4-19-9-5-6-13(11-19)17-14-8-7-12(10-16-14)15(20)18(2)3/h7-8,10,13H,4-6,9,11H2,1-3H3,(H,16,17). The highest BCUT2D eigenvalue weighted by Crippen LogP contribution is 2.15. The first-order valence-electron chi connectivity index (χ1n) is 7.26. The minimum absolute atomic E-state index is 0.0149. The van der Waals surface area contributed by atoms with Gasteiger partial charge in [0, 0.05) is 32.9 Å². The van der Waals surface area contributed by atoms with Crippen LogP contribution in [0.2, 0.25) is 0 Å². The van der Waals surface area contributed by atoms with Crippen LogP contribution in [-0.4, -0.2) is 60.5 Å². The van der Waals surface area contributed by atoms with Crippen molar-refractivity contribution in [3.05, 3.63) is 23.9 Å². The maximum absolute atomic E-state index is 11.8. The minimum atomic E-state index is -0.0149. The Morgan fingerprint density at radius 1 is 1.50 bits per heavy atom. The maximum Gasteiger partial charge on any atom is 0.254 e. The van der Waals surface area contributed by atoms with Crippen LogP contribution in [0.5, 0.6) is 0 Å². The average Bonchev–Trinajstić information content (AvgIpc) is 2.47. The monoisotopic (exact) mass is 276 g/mol. The first-order valence-corrected chi connectivity index (χ1v) is 7.26. The molecule has 1 aliphatic rings. The van der Waals surface area contributed by atoms with E-state index in [0.717, 1.165) is 18.9 Å². The predicted molar refractivity (Wildman–Crippen MR) is 81.0 cm³/mol. The Balaban J connectivity index is 1.95. The summed E-state index contributed by atoms with van der Waals surface area (Å²) in [5, 5.41) is 3.46. The quantitative estimate of drug-likeness (QED) is 0.909. The van der Waals surface area contributed by atoms with E-state index in [1.54, 1.807) is 25.2 Å².